The number of sulfonamides is 1. The zero-order valence-corrected chi connectivity index (χ0v) is 14.0. The van der Waals surface area contributed by atoms with Gasteiger partial charge < -0.3 is 5.32 Å². The fourth-order valence-electron chi connectivity index (χ4n) is 1.81. The average molecular weight is 357 g/mol. The summed E-state index contributed by atoms with van der Waals surface area (Å²) >= 11 is 5.82. The van der Waals surface area contributed by atoms with E-state index in [-0.39, 0.29) is 10.5 Å². The lowest BCUT2D eigenvalue weighted by molar-refractivity contribution is 0.102. The number of benzene rings is 2. The van der Waals surface area contributed by atoms with Crippen LogP contribution >= 0.6 is 11.6 Å². The molecule has 2 aromatic carbocycles. The third-order valence-electron chi connectivity index (χ3n) is 3.04. The van der Waals surface area contributed by atoms with Crippen molar-refractivity contribution >= 4 is 33.2 Å². The quantitative estimate of drug-likeness (QED) is 0.915. The number of carbonyl (C=O) groups excluding carboxylic acids is 1. The molecule has 1 amide bonds. The minimum atomic E-state index is -3.76. The Kier molecular flexibility index (Phi) is 5.03. The lowest BCUT2D eigenvalue weighted by Gasteiger charge is -2.13. The Hall–Kier alpha value is -1.96. The number of rotatable bonds is 4. The molecule has 0 saturated heterocycles. The Bertz CT molecular complexity index is 854. The second-order valence-corrected chi connectivity index (χ2v) is 7.48. The van der Waals surface area contributed by atoms with Gasteiger partial charge in [0.15, 0.2) is 0 Å². The van der Waals surface area contributed by atoms with E-state index in [1.54, 1.807) is 18.2 Å². The number of amides is 1. The van der Waals surface area contributed by atoms with E-state index in [0.717, 1.165) is 22.5 Å². The highest BCUT2D eigenvalue weighted by Crippen LogP contribution is 2.20. The summed E-state index contributed by atoms with van der Waals surface area (Å²) in [6.45, 7) is 0. The number of halogens is 2. The maximum absolute atomic E-state index is 13.9. The van der Waals surface area contributed by atoms with Crippen molar-refractivity contribution in [1.82, 2.24) is 4.31 Å². The molecule has 0 saturated carbocycles. The predicted octanol–water partition coefficient (Wildman–Crippen LogP) is 2.98. The van der Waals surface area contributed by atoms with Crippen molar-refractivity contribution < 1.29 is 17.6 Å². The van der Waals surface area contributed by atoms with E-state index >= 15 is 0 Å². The summed E-state index contributed by atoms with van der Waals surface area (Å²) in [5.74, 6) is -1.58. The maximum atomic E-state index is 13.9. The third kappa shape index (κ3) is 3.87. The molecule has 0 aliphatic heterocycles. The normalized spacial score (nSPS) is 11.5. The van der Waals surface area contributed by atoms with Crippen LogP contribution in [-0.4, -0.2) is 32.7 Å². The molecular weight excluding hydrogens is 343 g/mol. The van der Waals surface area contributed by atoms with Crippen molar-refractivity contribution in [2.75, 3.05) is 19.4 Å². The van der Waals surface area contributed by atoms with Gasteiger partial charge in [0.1, 0.15) is 5.82 Å². The van der Waals surface area contributed by atoms with Crippen molar-refractivity contribution in [3.8, 4) is 0 Å². The van der Waals surface area contributed by atoms with Crippen LogP contribution in [0.3, 0.4) is 0 Å². The summed E-state index contributed by atoms with van der Waals surface area (Å²) in [5, 5.41) is 2.89. The van der Waals surface area contributed by atoms with Gasteiger partial charge in [-0.25, -0.2) is 17.1 Å². The van der Waals surface area contributed by atoms with Crippen LogP contribution in [0.5, 0.6) is 0 Å². The van der Waals surface area contributed by atoms with Crippen molar-refractivity contribution in [3.63, 3.8) is 0 Å². The van der Waals surface area contributed by atoms with Gasteiger partial charge in [0.2, 0.25) is 10.0 Å². The maximum Gasteiger partial charge on any atom is 0.258 e. The van der Waals surface area contributed by atoms with E-state index in [1.807, 2.05) is 0 Å². The van der Waals surface area contributed by atoms with Gasteiger partial charge in [0.25, 0.3) is 5.91 Å². The Morgan fingerprint density at radius 1 is 1.17 bits per heavy atom. The first kappa shape index (κ1) is 17.4. The first-order valence-electron chi connectivity index (χ1n) is 6.51. The predicted molar refractivity (Wildman–Crippen MR) is 86.7 cm³/mol. The molecule has 0 atom stereocenters. The molecule has 0 radical (unpaired) electrons. The van der Waals surface area contributed by atoms with Crippen molar-refractivity contribution in [3.05, 3.63) is 58.9 Å². The molecule has 0 aromatic heterocycles. The molecule has 0 spiro atoms. The molecule has 8 heteroatoms. The summed E-state index contributed by atoms with van der Waals surface area (Å²) in [6.07, 6.45) is 0. The highest BCUT2D eigenvalue weighted by Gasteiger charge is 2.21. The van der Waals surface area contributed by atoms with Crippen LogP contribution in [0.1, 0.15) is 10.4 Å². The molecule has 0 bridgehead atoms. The van der Waals surface area contributed by atoms with Crippen molar-refractivity contribution in [2.24, 2.45) is 0 Å². The van der Waals surface area contributed by atoms with Gasteiger partial charge in [-0.3, -0.25) is 4.79 Å². The van der Waals surface area contributed by atoms with Crippen LogP contribution in [0.4, 0.5) is 10.1 Å². The second kappa shape index (κ2) is 6.66. The Morgan fingerprint density at radius 3 is 2.48 bits per heavy atom. The van der Waals surface area contributed by atoms with E-state index in [9.17, 15) is 17.6 Å². The van der Waals surface area contributed by atoms with Crippen LogP contribution in [-0.2, 0) is 10.0 Å². The van der Waals surface area contributed by atoms with Crippen LogP contribution in [0, 0.1) is 5.82 Å². The van der Waals surface area contributed by atoms with E-state index in [4.69, 9.17) is 11.6 Å². The second-order valence-electron chi connectivity index (χ2n) is 4.89. The SMILES string of the molecule is CN(C)S(=O)(=O)c1ccc(F)c(C(=O)Nc2cccc(Cl)c2)c1. The Labute approximate surface area is 138 Å². The van der Waals surface area contributed by atoms with Gasteiger partial charge in [0, 0.05) is 24.8 Å². The molecule has 0 aliphatic carbocycles. The van der Waals surface area contributed by atoms with Gasteiger partial charge in [0.05, 0.1) is 10.5 Å². The average Bonchev–Trinajstić information content (AvgIpc) is 2.47. The molecule has 23 heavy (non-hydrogen) atoms. The lowest BCUT2D eigenvalue weighted by Crippen LogP contribution is -2.23. The summed E-state index contributed by atoms with van der Waals surface area (Å²) in [4.78, 5) is 12.0. The van der Waals surface area contributed by atoms with Crippen molar-refractivity contribution in [1.29, 1.82) is 0 Å². The molecule has 2 rings (SSSR count). The van der Waals surface area contributed by atoms with Crippen LogP contribution in [0.2, 0.25) is 5.02 Å². The summed E-state index contributed by atoms with van der Waals surface area (Å²) in [6, 6.07) is 9.40. The van der Waals surface area contributed by atoms with E-state index < -0.39 is 21.7 Å². The number of hydrogen-bond acceptors (Lipinski definition) is 3. The van der Waals surface area contributed by atoms with E-state index in [2.05, 4.69) is 5.32 Å². The standard InChI is InChI=1S/C15H14ClFN2O3S/c1-19(2)23(21,22)12-6-7-14(17)13(9-12)15(20)18-11-5-3-4-10(16)8-11/h3-9H,1-2H3,(H,18,20). The first-order valence-corrected chi connectivity index (χ1v) is 8.32. The molecule has 2 aromatic rings. The van der Waals surface area contributed by atoms with Crippen molar-refractivity contribution in [2.45, 2.75) is 4.90 Å². The minimum Gasteiger partial charge on any atom is -0.322 e. The number of carbonyl (C=O) groups is 1. The number of anilines is 1. The Balaban J connectivity index is 2.37. The highest BCUT2D eigenvalue weighted by molar-refractivity contribution is 7.89. The van der Waals surface area contributed by atoms with Gasteiger partial charge in [-0.1, -0.05) is 17.7 Å². The third-order valence-corrected chi connectivity index (χ3v) is 5.09. The first-order chi connectivity index (χ1) is 10.7. The van der Waals surface area contributed by atoms with E-state index in [0.29, 0.717) is 10.7 Å². The molecule has 0 aliphatic rings. The van der Waals surface area contributed by atoms with Crippen LogP contribution in [0.15, 0.2) is 47.4 Å². The molecule has 0 unspecified atom stereocenters. The molecule has 5 nitrogen and oxygen atoms in total. The molecule has 0 heterocycles. The summed E-state index contributed by atoms with van der Waals surface area (Å²) in [7, 11) is -1.06. The molecule has 1 N–H and O–H groups in total. The molecular formula is C15H14ClFN2O3S. The number of nitrogens with zero attached hydrogens (tertiary/aromatic N) is 1. The summed E-state index contributed by atoms with van der Waals surface area (Å²) in [5.41, 5.74) is 0.00988. The largest absolute Gasteiger partial charge is 0.322 e. The lowest BCUT2D eigenvalue weighted by atomic mass is 10.2. The fraction of sp³-hybridized carbons (Fsp3) is 0.133. The van der Waals surface area contributed by atoms with E-state index in [1.165, 1.54) is 20.2 Å². The van der Waals surface area contributed by atoms with Crippen LogP contribution in [0.25, 0.3) is 0 Å². The zero-order valence-electron chi connectivity index (χ0n) is 12.4. The smallest absolute Gasteiger partial charge is 0.258 e. The molecule has 0 fully saturated rings. The zero-order chi connectivity index (χ0) is 17.2. The molecule has 122 valence electrons. The number of nitrogens with one attached hydrogen (secondary N) is 1. The highest BCUT2D eigenvalue weighted by atomic mass is 35.5. The van der Waals surface area contributed by atoms with Crippen LogP contribution < -0.4 is 5.32 Å². The van der Waals surface area contributed by atoms with Gasteiger partial charge >= 0.3 is 0 Å². The van der Waals surface area contributed by atoms with Gasteiger partial charge in [-0.2, -0.15) is 0 Å². The minimum absolute atomic E-state index is 0.167. The number of hydrogen-bond donors (Lipinski definition) is 1. The monoisotopic (exact) mass is 356 g/mol. The van der Waals surface area contributed by atoms with Gasteiger partial charge in [-0.15, -0.1) is 0 Å². The van der Waals surface area contributed by atoms with Gasteiger partial charge in [-0.05, 0) is 36.4 Å². The summed E-state index contributed by atoms with van der Waals surface area (Å²) < 4.78 is 39.0. The topological polar surface area (TPSA) is 66.5 Å². The Morgan fingerprint density at radius 2 is 1.87 bits per heavy atom. The fourth-order valence-corrected chi connectivity index (χ4v) is 2.93.